The zero-order chi connectivity index (χ0) is 24.0. The number of amides is 2. The summed E-state index contributed by atoms with van der Waals surface area (Å²) in [6, 6.07) is 7.89. The lowest BCUT2D eigenvalue weighted by Gasteiger charge is -2.30. The Labute approximate surface area is 205 Å². The number of hydrogen-bond donors (Lipinski definition) is 1. The minimum atomic E-state index is -0.722. The number of hydrogen-bond acceptors (Lipinski definition) is 3. The van der Waals surface area contributed by atoms with Crippen molar-refractivity contribution in [3.8, 4) is 5.75 Å². The first kappa shape index (κ1) is 26.3. The fraction of sp³-hybridized carbons (Fsp3) is 0.417. The van der Waals surface area contributed by atoms with E-state index in [0.717, 1.165) is 17.5 Å². The van der Waals surface area contributed by atoms with Crippen LogP contribution in [-0.4, -0.2) is 35.4 Å². The second-order valence-corrected chi connectivity index (χ2v) is 9.13. The third kappa shape index (κ3) is 7.03. The highest BCUT2D eigenvalue weighted by molar-refractivity contribution is 6.35. The van der Waals surface area contributed by atoms with Crippen molar-refractivity contribution in [2.75, 3.05) is 6.61 Å². The van der Waals surface area contributed by atoms with E-state index in [4.69, 9.17) is 39.5 Å². The van der Waals surface area contributed by atoms with Crippen molar-refractivity contribution in [1.29, 1.82) is 0 Å². The molecule has 0 radical (unpaired) electrons. The largest absolute Gasteiger partial charge is 0.484 e. The first-order valence-corrected chi connectivity index (χ1v) is 11.6. The summed E-state index contributed by atoms with van der Waals surface area (Å²) in [5.41, 5.74) is 2.41. The zero-order valence-corrected chi connectivity index (χ0v) is 21.2. The Morgan fingerprint density at radius 2 is 1.69 bits per heavy atom. The molecule has 0 aliphatic heterocycles. The van der Waals surface area contributed by atoms with Crippen LogP contribution in [0.25, 0.3) is 0 Å². The van der Waals surface area contributed by atoms with Crippen LogP contribution >= 0.6 is 34.8 Å². The van der Waals surface area contributed by atoms with E-state index in [2.05, 4.69) is 5.32 Å². The third-order valence-electron chi connectivity index (χ3n) is 5.30. The van der Waals surface area contributed by atoms with Crippen LogP contribution < -0.4 is 10.1 Å². The molecular weight excluding hydrogens is 471 g/mol. The molecule has 0 aromatic heterocycles. The molecule has 8 heteroatoms. The molecule has 0 aliphatic carbocycles. The van der Waals surface area contributed by atoms with Gasteiger partial charge in [-0.2, -0.15) is 0 Å². The molecule has 0 saturated heterocycles. The van der Waals surface area contributed by atoms with Gasteiger partial charge in [-0.3, -0.25) is 9.59 Å². The predicted molar refractivity (Wildman–Crippen MR) is 131 cm³/mol. The molecule has 0 heterocycles. The van der Waals surface area contributed by atoms with Gasteiger partial charge in [0.1, 0.15) is 11.8 Å². The van der Waals surface area contributed by atoms with Crippen LogP contribution in [0.4, 0.5) is 0 Å². The number of halogens is 3. The summed E-state index contributed by atoms with van der Waals surface area (Å²) >= 11 is 18.5. The van der Waals surface area contributed by atoms with Crippen molar-refractivity contribution in [3.63, 3.8) is 0 Å². The molecule has 2 aromatic rings. The van der Waals surface area contributed by atoms with Gasteiger partial charge in [0.05, 0.1) is 0 Å². The van der Waals surface area contributed by atoms with E-state index in [1.54, 1.807) is 37.3 Å². The second kappa shape index (κ2) is 11.8. The molecule has 2 atom stereocenters. The van der Waals surface area contributed by atoms with E-state index >= 15 is 0 Å². The minimum Gasteiger partial charge on any atom is -0.484 e. The quantitative estimate of drug-likeness (QED) is 0.462. The molecule has 0 spiro atoms. The van der Waals surface area contributed by atoms with Gasteiger partial charge in [-0.05, 0) is 75.1 Å². The standard InChI is InChI=1S/C24H29Cl3N2O3/c1-6-16(4)28-24(31)17(5)29(12-18-7-8-19(25)11-21(18)26)22(30)13-32-20-9-14(2)23(27)15(3)10-20/h7-11,16-17H,6,12-13H2,1-5H3,(H,28,31)/t16-,17-/m1/s1. The molecule has 0 aliphatic rings. The predicted octanol–water partition coefficient (Wildman–Crippen LogP) is 5.97. The maximum absolute atomic E-state index is 13.2. The number of ether oxygens (including phenoxy) is 1. The number of benzene rings is 2. The van der Waals surface area contributed by atoms with Gasteiger partial charge in [0, 0.05) is 27.7 Å². The molecule has 1 N–H and O–H groups in total. The molecule has 2 amide bonds. The van der Waals surface area contributed by atoms with Gasteiger partial charge in [0.15, 0.2) is 6.61 Å². The van der Waals surface area contributed by atoms with Crippen molar-refractivity contribution in [3.05, 3.63) is 62.1 Å². The van der Waals surface area contributed by atoms with Crippen LogP contribution in [-0.2, 0) is 16.1 Å². The van der Waals surface area contributed by atoms with E-state index in [0.29, 0.717) is 26.4 Å². The second-order valence-electron chi connectivity index (χ2n) is 7.91. The number of nitrogens with one attached hydrogen (secondary N) is 1. The first-order valence-electron chi connectivity index (χ1n) is 10.5. The van der Waals surface area contributed by atoms with Crippen LogP contribution in [0, 0.1) is 13.8 Å². The van der Waals surface area contributed by atoms with Gasteiger partial charge >= 0.3 is 0 Å². The maximum atomic E-state index is 13.2. The fourth-order valence-corrected chi connectivity index (χ4v) is 3.68. The summed E-state index contributed by atoms with van der Waals surface area (Å²) < 4.78 is 5.75. The monoisotopic (exact) mass is 498 g/mol. The van der Waals surface area contributed by atoms with Gasteiger partial charge in [-0.15, -0.1) is 0 Å². The lowest BCUT2D eigenvalue weighted by Crippen LogP contribution is -2.50. The van der Waals surface area contributed by atoms with Crippen LogP contribution in [0.1, 0.15) is 43.9 Å². The molecule has 0 bridgehead atoms. The maximum Gasteiger partial charge on any atom is 0.261 e. The first-order chi connectivity index (χ1) is 15.0. The molecule has 0 unspecified atom stereocenters. The highest BCUT2D eigenvalue weighted by Gasteiger charge is 2.27. The van der Waals surface area contributed by atoms with Gasteiger partial charge in [-0.1, -0.05) is 47.8 Å². The zero-order valence-electron chi connectivity index (χ0n) is 19.0. The van der Waals surface area contributed by atoms with Gasteiger partial charge in [-0.25, -0.2) is 0 Å². The van der Waals surface area contributed by atoms with E-state index in [9.17, 15) is 9.59 Å². The van der Waals surface area contributed by atoms with Crippen LogP contribution in [0.2, 0.25) is 15.1 Å². The smallest absolute Gasteiger partial charge is 0.261 e. The summed E-state index contributed by atoms with van der Waals surface area (Å²) in [6.07, 6.45) is 0.786. The Morgan fingerprint density at radius 3 is 2.25 bits per heavy atom. The number of carbonyl (C=O) groups is 2. The summed E-state index contributed by atoms with van der Waals surface area (Å²) in [5, 5.41) is 4.51. The highest BCUT2D eigenvalue weighted by Crippen LogP contribution is 2.26. The topological polar surface area (TPSA) is 58.6 Å². The van der Waals surface area contributed by atoms with Crippen molar-refractivity contribution >= 4 is 46.6 Å². The molecule has 32 heavy (non-hydrogen) atoms. The molecule has 0 saturated carbocycles. The number of aryl methyl sites for hydroxylation is 2. The fourth-order valence-electron chi connectivity index (χ4n) is 3.10. The van der Waals surface area contributed by atoms with E-state index < -0.39 is 6.04 Å². The highest BCUT2D eigenvalue weighted by atomic mass is 35.5. The average Bonchev–Trinajstić information content (AvgIpc) is 2.74. The normalized spacial score (nSPS) is 12.8. The molecule has 5 nitrogen and oxygen atoms in total. The Kier molecular flexibility index (Phi) is 9.68. The summed E-state index contributed by atoms with van der Waals surface area (Å²) in [6.45, 7) is 9.26. The molecule has 0 fully saturated rings. The summed E-state index contributed by atoms with van der Waals surface area (Å²) in [7, 11) is 0. The number of nitrogens with zero attached hydrogens (tertiary/aromatic N) is 1. The SMILES string of the molecule is CC[C@@H](C)NC(=O)[C@@H](C)N(Cc1ccc(Cl)cc1Cl)C(=O)COc1cc(C)c(Cl)c(C)c1. The molecular formula is C24H29Cl3N2O3. The third-order valence-corrected chi connectivity index (χ3v) is 6.48. The van der Waals surface area contributed by atoms with Crippen molar-refractivity contribution in [1.82, 2.24) is 10.2 Å². The van der Waals surface area contributed by atoms with Crippen molar-refractivity contribution < 1.29 is 14.3 Å². The van der Waals surface area contributed by atoms with Gasteiger partial charge in [0.25, 0.3) is 5.91 Å². The summed E-state index contributed by atoms with van der Waals surface area (Å²) in [4.78, 5) is 27.4. The average molecular weight is 500 g/mol. The molecule has 174 valence electrons. The van der Waals surface area contributed by atoms with E-state index in [1.807, 2.05) is 27.7 Å². The lowest BCUT2D eigenvalue weighted by molar-refractivity contribution is -0.142. The molecule has 2 aromatic carbocycles. The van der Waals surface area contributed by atoms with Crippen molar-refractivity contribution in [2.45, 2.75) is 59.7 Å². The van der Waals surface area contributed by atoms with Crippen LogP contribution in [0.15, 0.2) is 30.3 Å². The Hall–Kier alpha value is -1.95. The van der Waals surface area contributed by atoms with Crippen LogP contribution in [0.5, 0.6) is 5.75 Å². The van der Waals surface area contributed by atoms with Gasteiger partial charge < -0.3 is 15.0 Å². The van der Waals surface area contributed by atoms with Crippen LogP contribution in [0.3, 0.4) is 0 Å². The number of rotatable bonds is 9. The number of carbonyl (C=O) groups excluding carboxylic acids is 2. The van der Waals surface area contributed by atoms with Crippen molar-refractivity contribution in [2.24, 2.45) is 0 Å². The van der Waals surface area contributed by atoms with E-state index in [1.165, 1.54) is 4.90 Å². The Morgan fingerprint density at radius 1 is 1.06 bits per heavy atom. The van der Waals surface area contributed by atoms with E-state index in [-0.39, 0.29) is 31.0 Å². The Balaban J connectivity index is 2.23. The van der Waals surface area contributed by atoms with Gasteiger partial charge in [0.2, 0.25) is 5.91 Å². The lowest BCUT2D eigenvalue weighted by atomic mass is 10.1. The minimum absolute atomic E-state index is 0.00251. The molecule has 2 rings (SSSR count). The Bertz CT molecular complexity index is 958. The summed E-state index contributed by atoms with van der Waals surface area (Å²) in [5.74, 6) is -0.0389.